The standard InChI is InChI=1S/C25H23N5O4S/c1-30-22-10-6-5-9-21(22)26-23(30)17-24(31)27-28-25(32)19-11-13-20(14-12-19)29-35(33,34)16-15-18-7-3-2-4-8-18/h2-16,29H,17H2,1H3,(H,27,31)(H,28,32)/b16-15+. The molecule has 0 radical (unpaired) electrons. The first kappa shape index (κ1) is 23.7. The summed E-state index contributed by atoms with van der Waals surface area (Å²) in [5.41, 5.74) is 7.72. The molecule has 178 valence electrons. The van der Waals surface area contributed by atoms with E-state index in [9.17, 15) is 18.0 Å². The molecule has 2 amide bonds. The van der Waals surface area contributed by atoms with Gasteiger partial charge in [-0.15, -0.1) is 0 Å². The summed E-state index contributed by atoms with van der Waals surface area (Å²) in [6.45, 7) is 0. The van der Waals surface area contributed by atoms with Crippen molar-refractivity contribution in [3.05, 3.63) is 101 Å². The number of hydrazine groups is 1. The predicted octanol–water partition coefficient (Wildman–Crippen LogP) is 2.99. The molecule has 0 fully saturated rings. The number of para-hydroxylation sites is 2. The van der Waals surface area contributed by atoms with Gasteiger partial charge in [-0.3, -0.25) is 25.2 Å². The maximum absolute atomic E-state index is 12.4. The van der Waals surface area contributed by atoms with Gasteiger partial charge >= 0.3 is 0 Å². The molecule has 10 heteroatoms. The number of carbonyl (C=O) groups is 2. The van der Waals surface area contributed by atoms with Gasteiger partial charge in [0.1, 0.15) is 5.82 Å². The van der Waals surface area contributed by atoms with Crippen LogP contribution in [0.15, 0.2) is 84.3 Å². The van der Waals surface area contributed by atoms with E-state index in [-0.39, 0.29) is 12.0 Å². The van der Waals surface area contributed by atoms with Crippen LogP contribution in [0.25, 0.3) is 17.1 Å². The van der Waals surface area contributed by atoms with Crippen molar-refractivity contribution < 1.29 is 18.0 Å². The van der Waals surface area contributed by atoms with Crippen molar-refractivity contribution in [1.82, 2.24) is 20.4 Å². The lowest BCUT2D eigenvalue weighted by atomic mass is 10.2. The summed E-state index contributed by atoms with van der Waals surface area (Å²) in [5, 5.41) is 1.07. The fourth-order valence-corrected chi connectivity index (χ4v) is 4.23. The van der Waals surface area contributed by atoms with E-state index < -0.39 is 21.8 Å². The summed E-state index contributed by atoms with van der Waals surface area (Å²) in [7, 11) is -1.90. The highest BCUT2D eigenvalue weighted by molar-refractivity contribution is 7.95. The van der Waals surface area contributed by atoms with Crippen molar-refractivity contribution in [2.24, 2.45) is 7.05 Å². The first-order valence-electron chi connectivity index (χ1n) is 10.7. The Bertz CT molecular complexity index is 1490. The highest BCUT2D eigenvalue weighted by Gasteiger charge is 2.13. The van der Waals surface area contributed by atoms with Gasteiger partial charge in [0.2, 0.25) is 5.91 Å². The molecule has 0 spiro atoms. The van der Waals surface area contributed by atoms with Gasteiger partial charge < -0.3 is 4.57 Å². The summed E-state index contributed by atoms with van der Waals surface area (Å²) in [6, 6.07) is 22.4. The van der Waals surface area contributed by atoms with E-state index >= 15 is 0 Å². The number of nitrogens with zero attached hydrogens (tertiary/aromatic N) is 2. The minimum absolute atomic E-state index is 0.0112. The number of sulfonamides is 1. The van der Waals surface area contributed by atoms with E-state index in [1.165, 1.54) is 30.3 Å². The number of rotatable bonds is 7. The molecule has 1 heterocycles. The lowest BCUT2D eigenvalue weighted by Gasteiger charge is -2.09. The number of hydrogen-bond donors (Lipinski definition) is 3. The minimum atomic E-state index is -3.73. The fraction of sp³-hybridized carbons (Fsp3) is 0.0800. The van der Waals surface area contributed by atoms with E-state index in [0.29, 0.717) is 11.5 Å². The number of aryl methyl sites for hydroxylation is 1. The third-order valence-electron chi connectivity index (χ3n) is 5.16. The van der Waals surface area contributed by atoms with E-state index in [4.69, 9.17) is 0 Å². The number of benzene rings is 3. The zero-order chi connectivity index (χ0) is 24.8. The topological polar surface area (TPSA) is 122 Å². The Morgan fingerprint density at radius 3 is 2.31 bits per heavy atom. The Labute approximate surface area is 202 Å². The first-order chi connectivity index (χ1) is 16.8. The second-order valence-corrected chi connectivity index (χ2v) is 9.26. The fourth-order valence-electron chi connectivity index (χ4n) is 3.36. The van der Waals surface area contributed by atoms with Crippen LogP contribution in [-0.4, -0.2) is 29.8 Å². The van der Waals surface area contributed by atoms with Gasteiger partial charge in [0, 0.05) is 18.3 Å². The van der Waals surface area contributed by atoms with Gasteiger partial charge in [-0.05, 0) is 48.0 Å². The maximum Gasteiger partial charge on any atom is 0.269 e. The summed E-state index contributed by atoms with van der Waals surface area (Å²) in [5.74, 6) is -0.399. The van der Waals surface area contributed by atoms with Crippen LogP contribution in [0.5, 0.6) is 0 Å². The number of amides is 2. The molecule has 9 nitrogen and oxygen atoms in total. The molecule has 0 aliphatic rings. The van der Waals surface area contributed by atoms with Gasteiger partial charge in [0.25, 0.3) is 15.9 Å². The Kier molecular flexibility index (Phi) is 6.93. The van der Waals surface area contributed by atoms with Crippen molar-refractivity contribution in [3.63, 3.8) is 0 Å². The van der Waals surface area contributed by atoms with E-state index in [2.05, 4.69) is 20.6 Å². The van der Waals surface area contributed by atoms with E-state index in [1.807, 2.05) is 54.1 Å². The SMILES string of the molecule is Cn1c(CC(=O)NNC(=O)c2ccc(NS(=O)(=O)/C=C/c3ccccc3)cc2)nc2ccccc21. The second kappa shape index (κ2) is 10.2. The van der Waals surface area contributed by atoms with Gasteiger partial charge in [-0.1, -0.05) is 42.5 Å². The van der Waals surface area contributed by atoms with Crippen LogP contribution in [-0.2, 0) is 28.3 Å². The molecule has 0 aliphatic heterocycles. The van der Waals surface area contributed by atoms with Crippen molar-refractivity contribution >= 4 is 44.6 Å². The molecule has 35 heavy (non-hydrogen) atoms. The Morgan fingerprint density at radius 1 is 0.914 bits per heavy atom. The van der Waals surface area contributed by atoms with Gasteiger partial charge in [0.05, 0.1) is 22.9 Å². The summed E-state index contributed by atoms with van der Waals surface area (Å²) in [4.78, 5) is 29.1. The molecule has 4 aromatic rings. The maximum atomic E-state index is 12.4. The second-order valence-electron chi connectivity index (χ2n) is 7.69. The van der Waals surface area contributed by atoms with Crippen LogP contribution in [0.2, 0.25) is 0 Å². The Balaban J connectivity index is 1.31. The van der Waals surface area contributed by atoms with Gasteiger partial charge in [-0.2, -0.15) is 0 Å². The van der Waals surface area contributed by atoms with Crippen molar-refractivity contribution in [2.75, 3.05) is 4.72 Å². The molecular formula is C25H23N5O4S. The summed E-state index contributed by atoms with van der Waals surface area (Å²) in [6.07, 6.45) is 1.48. The number of aromatic nitrogens is 2. The average molecular weight is 490 g/mol. The van der Waals surface area contributed by atoms with Gasteiger partial charge in [0.15, 0.2) is 0 Å². The normalized spacial score (nSPS) is 11.5. The Hall–Kier alpha value is -4.44. The molecule has 3 aromatic carbocycles. The molecule has 0 atom stereocenters. The number of fused-ring (bicyclic) bond motifs is 1. The van der Waals surface area contributed by atoms with Crippen molar-refractivity contribution in [1.29, 1.82) is 0 Å². The third-order valence-corrected chi connectivity index (χ3v) is 6.17. The van der Waals surface area contributed by atoms with Crippen LogP contribution in [0.4, 0.5) is 5.69 Å². The van der Waals surface area contributed by atoms with Crippen LogP contribution in [0.3, 0.4) is 0 Å². The molecule has 0 unspecified atom stereocenters. The lowest BCUT2D eigenvalue weighted by molar-refractivity contribution is -0.121. The monoisotopic (exact) mass is 489 g/mol. The highest BCUT2D eigenvalue weighted by atomic mass is 32.2. The van der Waals surface area contributed by atoms with E-state index in [1.54, 1.807) is 12.1 Å². The quantitative estimate of drug-likeness (QED) is 0.345. The zero-order valence-electron chi connectivity index (χ0n) is 18.8. The smallest absolute Gasteiger partial charge is 0.269 e. The molecule has 0 bridgehead atoms. The Morgan fingerprint density at radius 2 is 1.60 bits per heavy atom. The predicted molar refractivity (Wildman–Crippen MR) is 134 cm³/mol. The molecule has 0 aliphatic carbocycles. The van der Waals surface area contributed by atoms with Crippen LogP contribution in [0, 0.1) is 0 Å². The average Bonchev–Trinajstić information content (AvgIpc) is 3.17. The zero-order valence-corrected chi connectivity index (χ0v) is 19.6. The number of imidazole rings is 1. The molecule has 3 N–H and O–H groups in total. The number of anilines is 1. The summed E-state index contributed by atoms with van der Waals surface area (Å²) >= 11 is 0. The highest BCUT2D eigenvalue weighted by Crippen LogP contribution is 2.15. The molecule has 0 saturated heterocycles. The third kappa shape index (κ3) is 6.12. The van der Waals surface area contributed by atoms with Crippen LogP contribution in [0.1, 0.15) is 21.7 Å². The van der Waals surface area contributed by atoms with Crippen molar-refractivity contribution in [3.8, 4) is 0 Å². The summed E-state index contributed by atoms with van der Waals surface area (Å²) < 4.78 is 28.8. The number of carbonyl (C=O) groups excluding carboxylic acids is 2. The van der Waals surface area contributed by atoms with Crippen molar-refractivity contribution in [2.45, 2.75) is 6.42 Å². The molecule has 0 saturated carbocycles. The molecular weight excluding hydrogens is 466 g/mol. The molecule has 1 aromatic heterocycles. The number of hydrogen-bond acceptors (Lipinski definition) is 5. The van der Waals surface area contributed by atoms with E-state index in [0.717, 1.165) is 22.0 Å². The largest absolute Gasteiger partial charge is 0.331 e. The van der Waals surface area contributed by atoms with Gasteiger partial charge in [-0.25, -0.2) is 13.4 Å². The first-order valence-corrected chi connectivity index (χ1v) is 12.2. The molecule has 4 rings (SSSR count). The van der Waals surface area contributed by atoms with Crippen LogP contribution < -0.4 is 15.6 Å². The minimum Gasteiger partial charge on any atom is -0.331 e. The lowest BCUT2D eigenvalue weighted by Crippen LogP contribution is -2.42. The number of nitrogens with one attached hydrogen (secondary N) is 3. The van der Waals surface area contributed by atoms with Crippen LogP contribution >= 0.6 is 0 Å².